The van der Waals surface area contributed by atoms with Crippen molar-refractivity contribution in [2.75, 3.05) is 4.90 Å². The third-order valence-corrected chi connectivity index (χ3v) is 9.19. The van der Waals surface area contributed by atoms with Crippen LogP contribution in [-0.4, -0.2) is 9.97 Å². The Balaban J connectivity index is 1.48. The van der Waals surface area contributed by atoms with E-state index < -0.39 is 5.41 Å². The number of aryl methyl sites for hydroxylation is 2. The Morgan fingerprint density at radius 3 is 1.57 bits per heavy atom. The van der Waals surface area contributed by atoms with Crippen molar-refractivity contribution in [3.63, 3.8) is 0 Å². The average Bonchev–Trinajstić information content (AvgIpc) is 3.12. The number of pyridine rings is 2. The van der Waals surface area contributed by atoms with Crippen LogP contribution < -0.4 is 4.90 Å². The zero-order chi connectivity index (χ0) is 31.1. The van der Waals surface area contributed by atoms with Crippen LogP contribution in [0, 0.1) is 13.8 Å². The SMILES string of the molecule is Cc1ccc2c(c1)C(c1ccccc1)(c1ccccc1)c1cc(C)ccc1N2c1cc(-c2ccncc2)cc(-c2cccnc2)c1. The third kappa shape index (κ3) is 4.52. The van der Waals surface area contributed by atoms with Gasteiger partial charge in [-0.2, -0.15) is 0 Å². The molecule has 0 saturated heterocycles. The maximum absolute atomic E-state index is 4.46. The molecule has 0 fully saturated rings. The van der Waals surface area contributed by atoms with Crippen molar-refractivity contribution in [1.29, 1.82) is 0 Å². The second-order valence-electron chi connectivity index (χ2n) is 12.1. The topological polar surface area (TPSA) is 29.0 Å². The van der Waals surface area contributed by atoms with Gasteiger partial charge in [0.2, 0.25) is 0 Å². The highest BCUT2D eigenvalue weighted by molar-refractivity contribution is 5.92. The predicted molar refractivity (Wildman–Crippen MR) is 189 cm³/mol. The lowest BCUT2D eigenvalue weighted by atomic mass is 9.62. The molecule has 0 bridgehead atoms. The van der Waals surface area contributed by atoms with Gasteiger partial charge in [0, 0.05) is 36.0 Å². The lowest BCUT2D eigenvalue weighted by Gasteiger charge is -2.47. The van der Waals surface area contributed by atoms with Gasteiger partial charge in [-0.05, 0) is 101 Å². The summed E-state index contributed by atoms with van der Waals surface area (Å²) in [6, 6.07) is 51.0. The molecule has 1 aliphatic heterocycles. The molecular formula is C43H33N3. The number of hydrogen-bond donors (Lipinski definition) is 0. The minimum Gasteiger partial charge on any atom is -0.310 e. The number of aromatic nitrogens is 2. The lowest BCUT2D eigenvalue weighted by Crippen LogP contribution is -2.38. The Morgan fingerprint density at radius 2 is 1.02 bits per heavy atom. The van der Waals surface area contributed by atoms with Crippen LogP contribution in [0.15, 0.2) is 164 Å². The van der Waals surface area contributed by atoms with Crippen LogP contribution in [0.3, 0.4) is 0 Å². The van der Waals surface area contributed by atoms with Crippen molar-refractivity contribution < 1.29 is 0 Å². The first-order valence-corrected chi connectivity index (χ1v) is 15.7. The molecule has 46 heavy (non-hydrogen) atoms. The molecule has 7 aromatic rings. The summed E-state index contributed by atoms with van der Waals surface area (Å²) in [6.07, 6.45) is 7.48. The number of nitrogens with zero attached hydrogens (tertiary/aromatic N) is 3. The van der Waals surface area contributed by atoms with E-state index in [-0.39, 0.29) is 0 Å². The molecular weight excluding hydrogens is 558 g/mol. The van der Waals surface area contributed by atoms with Crippen molar-refractivity contribution >= 4 is 17.1 Å². The number of fused-ring (bicyclic) bond motifs is 2. The molecule has 0 aliphatic carbocycles. The van der Waals surface area contributed by atoms with Gasteiger partial charge in [-0.1, -0.05) is 102 Å². The summed E-state index contributed by atoms with van der Waals surface area (Å²) in [6.45, 7) is 4.39. The second kappa shape index (κ2) is 11.3. The molecule has 0 atom stereocenters. The lowest BCUT2D eigenvalue weighted by molar-refractivity contribution is 0.729. The summed E-state index contributed by atoms with van der Waals surface area (Å²) >= 11 is 0. The molecule has 0 radical (unpaired) electrons. The third-order valence-electron chi connectivity index (χ3n) is 9.19. The van der Waals surface area contributed by atoms with E-state index in [2.05, 4.69) is 162 Å². The van der Waals surface area contributed by atoms with Crippen molar-refractivity contribution in [3.05, 3.63) is 198 Å². The monoisotopic (exact) mass is 591 g/mol. The molecule has 0 N–H and O–H groups in total. The fourth-order valence-electron chi connectivity index (χ4n) is 7.16. The van der Waals surface area contributed by atoms with E-state index in [0.29, 0.717) is 0 Å². The summed E-state index contributed by atoms with van der Waals surface area (Å²) < 4.78 is 0. The standard InChI is InChI=1S/C43H33N3/c1-30-15-17-41-39(24-30)43(36-11-5-3-6-12-36,37-13-7-4-8-14-37)40-25-31(2)16-18-42(40)46(41)38-27-34(32-19-22-44-23-20-32)26-35(28-38)33-10-9-21-45-29-33/h3-29H,1-2H3. The molecule has 0 saturated carbocycles. The smallest absolute Gasteiger partial charge is 0.0742 e. The predicted octanol–water partition coefficient (Wildman–Crippen LogP) is 10.6. The molecule has 3 heterocycles. The van der Waals surface area contributed by atoms with Crippen LogP contribution in [-0.2, 0) is 5.41 Å². The van der Waals surface area contributed by atoms with Gasteiger partial charge in [-0.3, -0.25) is 9.97 Å². The van der Waals surface area contributed by atoms with Gasteiger partial charge in [0.15, 0.2) is 0 Å². The Labute approximate surface area is 270 Å². The first kappa shape index (κ1) is 27.7. The van der Waals surface area contributed by atoms with E-state index in [0.717, 1.165) is 27.9 Å². The van der Waals surface area contributed by atoms with E-state index in [4.69, 9.17) is 0 Å². The summed E-state index contributed by atoms with van der Waals surface area (Å²) in [5.74, 6) is 0. The molecule has 0 unspecified atom stereocenters. The van der Waals surface area contributed by atoms with E-state index in [9.17, 15) is 0 Å². The average molecular weight is 592 g/mol. The molecule has 220 valence electrons. The highest BCUT2D eigenvalue weighted by Gasteiger charge is 2.46. The van der Waals surface area contributed by atoms with E-state index >= 15 is 0 Å². The fourth-order valence-corrected chi connectivity index (χ4v) is 7.16. The summed E-state index contributed by atoms with van der Waals surface area (Å²) in [7, 11) is 0. The fraction of sp³-hybridized carbons (Fsp3) is 0.0698. The summed E-state index contributed by atoms with van der Waals surface area (Å²) in [5.41, 5.74) is 14.8. The molecule has 1 aliphatic rings. The Hall–Kier alpha value is -5.80. The van der Waals surface area contributed by atoms with Crippen LogP contribution in [0.2, 0.25) is 0 Å². The first-order valence-electron chi connectivity index (χ1n) is 15.7. The van der Waals surface area contributed by atoms with Crippen molar-refractivity contribution in [1.82, 2.24) is 9.97 Å². The zero-order valence-corrected chi connectivity index (χ0v) is 25.9. The maximum atomic E-state index is 4.46. The van der Waals surface area contributed by atoms with Gasteiger partial charge >= 0.3 is 0 Å². The molecule has 0 spiro atoms. The van der Waals surface area contributed by atoms with Gasteiger partial charge in [0.05, 0.1) is 16.8 Å². The van der Waals surface area contributed by atoms with Crippen LogP contribution in [0.5, 0.6) is 0 Å². The van der Waals surface area contributed by atoms with E-state index in [1.165, 1.54) is 44.8 Å². The quantitative estimate of drug-likeness (QED) is 0.199. The van der Waals surface area contributed by atoms with Gasteiger partial charge in [-0.25, -0.2) is 0 Å². The van der Waals surface area contributed by atoms with E-state index in [1.54, 1.807) is 0 Å². The van der Waals surface area contributed by atoms with Crippen molar-refractivity contribution in [2.24, 2.45) is 0 Å². The largest absolute Gasteiger partial charge is 0.310 e. The molecule has 0 amide bonds. The molecule has 5 aromatic carbocycles. The van der Waals surface area contributed by atoms with Crippen LogP contribution in [0.4, 0.5) is 17.1 Å². The maximum Gasteiger partial charge on any atom is 0.0742 e. The number of hydrogen-bond acceptors (Lipinski definition) is 3. The Morgan fingerprint density at radius 1 is 0.457 bits per heavy atom. The van der Waals surface area contributed by atoms with Crippen LogP contribution in [0.25, 0.3) is 22.3 Å². The Kier molecular flexibility index (Phi) is 6.80. The molecule has 2 aromatic heterocycles. The zero-order valence-electron chi connectivity index (χ0n) is 25.9. The van der Waals surface area contributed by atoms with Crippen LogP contribution in [0.1, 0.15) is 33.4 Å². The van der Waals surface area contributed by atoms with Gasteiger partial charge in [-0.15, -0.1) is 0 Å². The van der Waals surface area contributed by atoms with Gasteiger partial charge < -0.3 is 4.90 Å². The second-order valence-corrected chi connectivity index (χ2v) is 12.1. The van der Waals surface area contributed by atoms with E-state index in [1.807, 2.05) is 30.9 Å². The van der Waals surface area contributed by atoms with Crippen molar-refractivity contribution in [2.45, 2.75) is 19.3 Å². The molecule has 8 rings (SSSR count). The van der Waals surface area contributed by atoms with Gasteiger partial charge in [0.25, 0.3) is 0 Å². The Bertz CT molecular complexity index is 2010. The summed E-state index contributed by atoms with van der Waals surface area (Å²) in [5, 5.41) is 0. The highest BCUT2D eigenvalue weighted by atomic mass is 15.2. The first-order chi connectivity index (χ1) is 22.6. The summed E-state index contributed by atoms with van der Waals surface area (Å²) in [4.78, 5) is 11.2. The minimum absolute atomic E-state index is 0.517. The molecule has 3 heteroatoms. The van der Waals surface area contributed by atoms with Crippen molar-refractivity contribution in [3.8, 4) is 22.3 Å². The van der Waals surface area contributed by atoms with Crippen LogP contribution >= 0.6 is 0 Å². The normalized spacial score (nSPS) is 13.1. The number of anilines is 3. The number of benzene rings is 5. The highest BCUT2D eigenvalue weighted by Crippen LogP contribution is 2.58. The van der Waals surface area contributed by atoms with Gasteiger partial charge in [0.1, 0.15) is 0 Å². The minimum atomic E-state index is -0.517. The molecule has 3 nitrogen and oxygen atoms in total. The number of rotatable bonds is 5.